The molecule has 0 radical (unpaired) electrons. The number of imidazole rings is 1. The van der Waals surface area contributed by atoms with Gasteiger partial charge in [0.1, 0.15) is 5.82 Å². The van der Waals surface area contributed by atoms with Crippen molar-refractivity contribution in [3.05, 3.63) is 36.2 Å². The minimum absolute atomic E-state index is 0.0335. The van der Waals surface area contributed by atoms with Gasteiger partial charge in [-0.2, -0.15) is 5.10 Å². The molecule has 2 aromatic rings. The number of aryl methyl sites for hydroxylation is 2. The molecule has 1 aliphatic heterocycles. The molecule has 130 valence electrons. The van der Waals surface area contributed by atoms with Gasteiger partial charge >= 0.3 is 6.03 Å². The largest absolute Gasteiger partial charge is 0.337 e. The quantitative estimate of drug-likeness (QED) is 0.897. The van der Waals surface area contributed by atoms with Crippen LogP contribution in [-0.2, 0) is 20.6 Å². The molecule has 0 unspecified atom stereocenters. The Labute approximate surface area is 142 Å². The zero-order valence-corrected chi connectivity index (χ0v) is 14.5. The number of aromatic nitrogens is 4. The average molecular weight is 331 g/mol. The first-order valence-electron chi connectivity index (χ1n) is 8.30. The second-order valence-electron chi connectivity index (χ2n) is 6.17. The van der Waals surface area contributed by atoms with E-state index in [4.69, 9.17) is 0 Å². The molecule has 1 saturated heterocycles. The van der Waals surface area contributed by atoms with Gasteiger partial charge in [-0.15, -0.1) is 0 Å². The van der Waals surface area contributed by atoms with Crippen LogP contribution in [0.5, 0.6) is 0 Å². The van der Waals surface area contributed by atoms with Gasteiger partial charge in [-0.1, -0.05) is 6.92 Å². The molecule has 8 nitrogen and oxygen atoms in total. The summed E-state index contributed by atoms with van der Waals surface area (Å²) in [7, 11) is 3.87. The van der Waals surface area contributed by atoms with Crippen molar-refractivity contribution in [1.29, 1.82) is 0 Å². The van der Waals surface area contributed by atoms with Gasteiger partial charge in [-0.05, 0) is 6.54 Å². The summed E-state index contributed by atoms with van der Waals surface area (Å²) < 4.78 is 3.77. The van der Waals surface area contributed by atoms with Crippen LogP contribution in [0.2, 0.25) is 0 Å². The van der Waals surface area contributed by atoms with Crippen LogP contribution in [0.3, 0.4) is 0 Å². The van der Waals surface area contributed by atoms with Gasteiger partial charge in [0, 0.05) is 64.4 Å². The standard InChI is InChI=1S/C16H25N7O/c1-4-22-7-8-23(12-14(22)15-17-5-6-20(15)2)16(24)18-9-13-10-19-21(3)11-13/h5-6,10-11,14H,4,7-9,12H2,1-3H3,(H,18,24)/t14-/m1/s1. The van der Waals surface area contributed by atoms with Gasteiger partial charge in [-0.3, -0.25) is 9.58 Å². The van der Waals surface area contributed by atoms with Crippen LogP contribution in [0.4, 0.5) is 4.79 Å². The van der Waals surface area contributed by atoms with Crippen molar-refractivity contribution in [3.8, 4) is 0 Å². The number of nitrogens with zero attached hydrogens (tertiary/aromatic N) is 6. The summed E-state index contributed by atoms with van der Waals surface area (Å²) in [6.45, 7) is 5.82. The highest BCUT2D eigenvalue weighted by Gasteiger charge is 2.31. The van der Waals surface area contributed by atoms with Crippen LogP contribution in [0.1, 0.15) is 24.4 Å². The summed E-state index contributed by atoms with van der Waals surface area (Å²) in [5, 5.41) is 7.10. The fraction of sp³-hybridized carbons (Fsp3) is 0.562. The Hall–Kier alpha value is -2.35. The molecule has 1 fully saturated rings. The SMILES string of the molecule is CCN1CCN(C(=O)NCc2cnn(C)c2)C[C@@H]1c1nccn1C. The van der Waals surface area contributed by atoms with Crippen molar-refractivity contribution in [2.75, 3.05) is 26.2 Å². The summed E-state index contributed by atoms with van der Waals surface area (Å²) >= 11 is 0. The Bertz CT molecular complexity index is 692. The van der Waals surface area contributed by atoms with Gasteiger partial charge in [-0.25, -0.2) is 9.78 Å². The van der Waals surface area contributed by atoms with Crippen LogP contribution in [0.25, 0.3) is 0 Å². The van der Waals surface area contributed by atoms with Crippen LogP contribution in [0.15, 0.2) is 24.8 Å². The Balaban J connectivity index is 1.64. The molecule has 3 heterocycles. The molecule has 1 atom stereocenters. The van der Waals surface area contributed by atoms with Crippen molar-refractivity contribution < 1.29 is 4.79 Å². The lowest BCUT2D eigenvalue weighted by Crippen LogP contribution is -2.53. The van der Waals surface area contributed by atoms with E-state index in [1.807, 2.05) is 42.2 Å². The van der Waals surface area contributed by atoms with Crippen molar-refractivity contribution in [2.45, 2.75) is 19.5 Å². The highest BCUT2D eigenvalue weighted by atomic mass is 16.2. The van der Waals surface area contributed by atoms with Gasteiger partial charge in [0.05, 0.1) is 12.2 Å². The molecule has 2 aromatic heterocycles. The van der Waals surface area contributed by atoms with E-state index in [-0.39, 0.29) is 12.1 Å². The lowest BCUT2D eigenvalue weighted by Gasteiger charge is -2.40. The van der Waals surface area contributed by atoms with E-state index in [9.17, 15) is 4.79 Å². The number of hydrogen-bond acceptors (Lipinski definition) is 4. The first kappa shape index (κ1) is 16.5. The van der Waals surface area contributed by atoms with E-state index in [1.54, 1.807) is 10.9 Å². The predicted molar refractivity (Wildman–Crippen MR) is 90.2 cm³/mol. The number of hydrogen-bond donors (Lipinski definition) is 1. The third-order valence-electron chi connectivity index (χ3n) is 4.54. The van der Waals surface area contributed by atoms with Crippen LogP contribution in [-0.4, -0.2) is 61.3 Å². The fourth-order valence-electron chi connectivity index (χ4n) is 3.18. The third-order valence-corrected chi connectivity index (χ3v) is 4.54. The summed E-state index contributed by atoms with van der Waals surface area (Å²) in [6.07, 6.45) is 7.44. The summed E-state index contributed by atoms with van der Waals surface area (Å²) in [6, 6.07) is 0.0988. The average Bonchev–Trinajstić information content (AvgIpc) is 3.20. The Kier molecular flexibility index (Phi) is 4.84. The van der Waals surface area contributed by atoms with E-state index >= 15 is 0 Å². The molecule has 0 saturated carbocycles. The number of rotatable bonds is 4. The van der Waals surface area contributed by atoms with Gasteiger partial charge in [0.15, 0.2) is 0 Å². The summed E-state index contributed by atoms with van der Waals surface area (Å²) in [4.78, 5) is 21.2. The van der Waals surface area contributed by atoms with E-state index in [1.165, 1.54) is 0 Å². The highest BCUT2D eigenvalue weighted by molar-refractivity contribution is 5.74. The molecule has 24 heavy (non-hydrogen) atoms. The number of piperazine rings is 1. The third kappa shape index (κ3) is 3.43. The number of nitrogens with one attached hydrogen (secondary N) is 1. The fourth-order valence-corrected chi connectivity index (χ4v) is 3.18. The maximum Gasteiger partial charge on any atom is 0.317 e. The number of likely N-dealkylation sites (N-methyl/N-ethyl adjacent to an activating group) is 1. The van der Waals surface area contributed by atoms with E-state index in [0.29, 0.717) is 13.1 Å². The van der Waals surface area contributed by atoms with Crippen LogP contribution < -0.4 is 5.32 Å². The van der Waals surface area contributed by atoms with E-state index in [0.717, 1.165) is 31.0 Å². The summed E-state index contributed by atoms with van der Waals surface area (Å²) in [5.41, 5.74) is 0.999. The molecule has 0 aromatic carbocycles. The highest BCUT2D eigenvalue weighted by Crippen LogP contribution is 2.23. The first-order valence-corrected chi connectivity index (χ1v) is 8.30. The van der Waals surface area contributed by atoms with Gasteiger partial charge in [0.25, 0.3) is 0 Å². The molecule has 0 spiro atoms. The zero-order valence-electron chi connectivity index (χ0n) is 14.5. The smallest absolute Gasteiger partial charge is 0.317 e. The second-order valence-corrected chi connectivity index (χ2v) is 6.17. The second kappa shape index (κ2) is 7.04. The minimum atomic E-state index is -0.0335. The molecule has 2 amide bonds. The van der Waals surface area contributed by atoms with E-state index in [2.05, 4.69) is 27.2 Å². The molecule has 8 heteroatoms. The normalized spacial score (nSPS) is 18.8. The maximum atomic E-state index is 12.5. The Morgan fingerprint density at radius 3 is 2.83 bits per heavy atom. The first-order chi connectivity index (χ1) is 11.6. The number of carbonyl (C=O) groups is 1. The topological polar surface area (TPSA) is 71.2 Å². The number of urea groups is 1. The van der Waals surface area contributed by atoms with Gasteiger partial charge < -0.3 is 14.8 Å². The van der Waals surface area contributed by atoms with Crippen LogP contribution in [0, 0.1) is 0 Å². The van der Waals surface area contributed by atoms with Crippen molar-refractivity contribution in [1.82, 2.24) is 34.4 Å². The lowest BCUT2D eigenvalue weighted by atomic mass is 10.1. The predicted octanol–water partition coefficient (Wildman–Crippen LogP) is 0.742. The summed E-state index contributed by atoms with van der Waals surface area (Å²) in [5.74, 6) is 1.00. The lowest BCUT2D eigenvalue weighted by molar-refractivity contribution is 0.0878. The molecular formula is C16H25N7O. The van der Waals surface area contributed by atoms with Crippen molar-refractivity contribution in [3.63, 3.8) is 0 Å². The Morgan fingerprint density at radius 2 is 2.21 bits per heavy atom. The molecule has 0 aliphatic carbocycles. The Morgan fingerprint density at radius 1 is 1.38 bits per heavy atom. The monoisotopic (exact) mass is 331 g/mol. The van der Waals surface area contributed by atoms with E-state index < -0.39 is 0 Å². The van der Waals surface area contributed by atoms with Crippen molar-refractivity contribution >= 4 is 6.03 Å². The molecule has 1 N–H and O–H groups in total. The van der Waals surface area contributed by atoms with Gasteiger partial charge in [0.2, 0.25) is 0 Å². The zero-order chi connectivity index (χ0) is 17.1. The maximum absolute atomic E-state index is 12.5. The molecule has 3 rings (SSSR count). The number of amides is 2. The minimum Gasteiger partial charge on any atom is -0.337 e. The molecule has 0 bridgehead atoms. The molecule has 1 aliphatic rings. The van der Waals surface area contributed by atoms with Crippen LogP contribution >= 0.6 is 0 Å². The van der Waals surface area contributed by atoms with Crippen molar-refractivity contribution in [2.24, 2.45) is 14.1 Å². The number of carbonyl (C=O) groups excluding carboxylic acids is 1. The molecular weight excluding hydrogens is 306 g/mol.